The number of carboxylic acid groups (broad SMARTS) is 1. The molecule has 1 aromatic carbocycles. The van der Waals surface area contributed by atoms with Gasteiger partial charge in [0.1, 0.15) is 17.4 Å². The summed E-state index contributed by atoms with van der Waals surface area (Å²) in [5, 5.41) is 19.3. The Hall–Kier alpha value is -4.81. The first-order valence-electron chi connectivity index (χ1n) is 12.9. The summed E-state index contributed by atoms with van der Waals surface area (Å²) in [5.41, 5.74) is 2.90. The second kappa shape index (κ2) is 10.8. The highest BCUT2D eigenvalue weighted by atomic mass is 16.5. The fraction of sp³-hybridized carbons (Fsp3) is 0.370. The first-order valence-corrected chi connectivity index (χ1v) is 12.9. The fourth-order valence-corrected chi connectivity index (χ4v) is 5.36. The Morgan fingerprint density at radius 1 is 1.23 bits per heavy atom. The number of esters is 1. The van der Waals surface area contributed by atoms with Gasteiger partial charge in [-0.05, 0) is 49.4 Å². The van der Waals surface area contributed by atoms with E-state index in [1.165, 1.54) is 27.7 Å². The number of ether oxygens (including phenoxy) is 1. The molecule has 3 heterocycles. The zero-order valence-electron chi connectivity index (χ0n) is 22.0. The molecule has 0 bridgehead atoms. The molecular weight excluding hydrogens is 520 g/mol. The summed E-state index contributed by atoms with van der Waals surface area (Å²) >= 11 is 0. The van der Waals surface area contributed by atoms with Gasteiger partial charge in [-0.1, -0.05) is 6.07 Å². The van der Waals surface area contributed by atoms with Crippen LogP contribution in [-0.4, -0.2) is 80.0 Å². The summed E-state index contributed by atoms with van der Waals surface area (Å²) < 4.78 is 6.29. The van der Waals surface area contributed by atoms with Crippen LogP contribution in [0.2, 0.25) is 0 Å². The Morgan fingerprint density at radius 2 is 2.02 bits per heavy atom. The van der Waals surface area contributed by atoms with E-state index in [-0.39, 0.29) is 54.8 Å². The summed E-state index contributed by atoms with van der Waals surface area (Å²) in [6, 6.07) is 4.70. The van der Waals surface area contributed by atoms with Crippen LogP contribution in [0.15, 0.2) is 30.5 Å². The molecule has 1 aliphatic carbocycles. The number of aromatic carboxylic acids is 1. The summed E-state index contributed by atoms with van der Waals surface area (Å²) in [4.78, 5) is 68.9. The van der Waals surface area contributed by atoms with Gasteiger partial charge in [0.05, 0.1) is 30.8 Å². The molecule has 1 saturated heterocycles. The van der Waals surface area contributed by atoms with E-state index in [1.54, 1.807) is 26.0 Å². The molecule has 208 valence electrons. The molecule has 3 aromatic rings. The molecule has 3 N–H and O–H groups in total. The molecule has 1 unspecified atom stereocenters. The number of amides is 3. The third-order valence-corrected chi connectivity index (χ3v) is 7.30. The largest absolute Gasteiger partial charge is 0.478 e. The highest BCUT2D eigenvalue weighted by Crippen LogP contribution is 2.35. The highest BCUT2D eigenvalue weighted by molar-refractivity contribution is 6.01. The van der Waals surface area contributed by atoms with Crippen molar-refractivity contribution in [2.24, 2.45) is 0 Å². The van der Waals surface area contributed by atoms with Crippen molar-refractivity contribution in [3.63, 3.8) is 0 Å². The first-order chi connectivity index (χ1) is 19.2. The van der Waals surface area contributed by atoms with Crippen LogP contribution in [0.1, 0.15) is 73.8 Å². The molecule has 2 atom stereocenters. The number of nitrogens with zero attached hydrogens (tertiary/aromatic N) is 4. The predicted octanol–water partition coefficient (Wildman–Crippen LogP) is 1.05. The second-order valence-electron chi connectivity index (χ2n) is 9.62. The third-order valence-electron chi connectivity index (χ3n) is 7.30. The monoisotopic (exact) mass is 548 g/mol. The Balaban J connectivity index is 1.43. The number of fused-ring (bicyclic) bond motifs is 2. The maximum atomic E-state index is 13.6. The lowest BCUT2D eigenvalue weighted by molar-refractivity contribution is -0.147. The lowest BCUT2D eigenvalue weighted by Crippen LogP contribution is -2.58. The molecular formula is C27H28N6O7. The molecule has 2 aliphatic rings. The number of rotatable bonds is 7. The molecule has 1 aliphatic heterocycles. The van der Waals surface area contributed by atoms with E-state index < -0.39 is 35.7 Å². The van der Waals surface area contributed by atoms with Crippen molar-refractivity contribution in [3.05, 3.63) is 64.1 Å². The first kappa shape index (κ1) is 26.8. The SMILES string of the molecule is CCOC(=O)CC1C(=O)NCCN1C(=O)c1cc(C(=O)N[C@H]2CCc3c2ccc(C(=O)O)c3C)n2nccc2n1. The number of piperazine rings is 1. The van der Waals surface area contributed by atoms with E-state index in [0.717, 1.165) is 11.1 Å². The van der Waals surface area contributed by atoms with Crippen molar-refractivity contribution < 1.29 is 33.8 Å². The molecule has 40 heavy (non-hydrogen) atoms. The van der Waals surface area contributed by atoms with E-state index >= 15 is 0 Å². The minimum atomic E-state index is -1.07. The quantitative estimate of drug-likeness (QED) is 0.365. The molecule has 5 rings (SSSR count). The average Bonchev–Trinajstić information content (AvgIpc) is 3.56. The van der Waals surface area contributed by atoms with Gasteiger partial charge in [0.2, 0.25) is 5.91 Å². The zero-order chi connectivity index (χ0) is 28.6. The standard InChI is InChI=1S/C27H28N6O7/c1-3-40-23(34)13-20-24(35)28-10-11-32(20)26(37)19-12-21(33-22(30-19)8-9-29-33)25(36)31-18-7-6-15-14(2)16(27(38)39)4-5-17(15)18/h4-5,8-9,12,18,20H,3,6-7,10-11,13H2,1-2H3,(H,28,35)(H,31,36)(H,38,39)/t18-,20?/m0/s1. The van der Waals surface area contributed by atoms with E-state index in [2.05, 4.69) is 20.7 Å². The predicted molar refractivity (Wildman–Crippen MR) is 139 cm³/mol. The summed E-state index contributed by atoms with van der Waals surface area (Å²) in [6.45, 7) is 3.91. The summed E-state index contributed by atoms with van der Waals surface area (Å²) in [6.07, 6.45) is 2.34. The maximum Gasteiger partial charge on any atom is 0.335 e. The van der Waals surface area contributed by atoms with Gasteiger partial charge in [0.15, 0.2) is 5.65 Å². The lowest BCUT2D eigenvalue weighted by Gasteiger charge is -2.34. The number of benzene rings is 1. The van der Waals surface area contributed by atoms with Gasteiger partial charge in [-0.2, -0.15) is 5.10 Å². The Bertz CT molecular complexity index is 1550. The van der Waals surface area contributed by atoms with Crippen LogP contribution in [0.4, 0.5) is 0 Å². The minimum Gasteiger partial charge on any atom is -0.478 e. The third kappa shape index (κ3) is 4.85. The van der Waals surface area contributed by atoms with Crippen LogP contribution in [0.5, 0.6) is 0 Å². The zero-order valence-corrected chi connectivity index (χ0v) is 22.0. The molecule has 3 amide bonds. The number of carbonyl (C=O) groups excluding carboxylic acids is 4. The van der Waals surface area contributed by atoms with E-state index in [4.69, 9.17) is 4.74 Å². The minimum absolute atomic E-state index is 0.0640. The second-order valence-corrected chi connectivity index (χ2v) is 9.62. The highest BCUT2D eigenvalue weighted by Gasteiger charge is 2.37. The van der Waals surface area contributed by atoms with Crippen LogP contribution in [0, 0.1) is 6.92 Å². The number of carboxylic acids is 1. The number of hydrogen-bond acceptors (Lipinski definition) is 8. The molecule has 0 spiro atoms. The van der Waals surface area contributed by atoms with Gasteiger partial charge >= 0.3 is 11.9 Å². The van der Waals surface area contributed by atoms with Crippen molar-refractivity contribution in [2.75, 3.05) is 19.7 Å². The van der Waals surface area contributed by atoms with Crippen molar-refractivity contribution in [3.8, 4) is 0 Å². The Labute approximate surface area is 228 Å². The number of carbonyl (C=O) groups is 5. The maximum absolute atomic E-state index is 13.6. The Kier molecular flexibility index (Phi) is 7.20. The van der Waals surface area contributed by atoms with Crippen molar-refractivity contribution >= 4 is 35.3 Å². The normalized spacial score (nSPS) is 18.2. The van der Waals surface area contributed by atoms with Crippen LogP contribution >= 0.6 is 0 Å². The van der Waals surface area contributed by atoms with E-state index in [0.29, 0.717) is 18.4 Å². The topological polar surface area (TPSA) is 172 Å². The van der Waals surface area contributed by atoms with Crippen molar-refractivity contribution in [2.45, 2.75) is 45.2 Å². The average molecular weight is 549 g/mol. The molecule has 1 fully saturated rings. The van der Waals surface area contributed by atoms with E-state index in [9.17, 15) is 29.1 Å². The van der Waals surface area contributed by atoms with Crippen LogP contribution in [0.25, 0.3) is 5.65 Å². The molecule has 0 radical (unpaired) electrons. The van der Waals surface area contributed by atoms with Crippen molar-refractivity contribution in [1.82, 2.24) is 30.1 Å². The molecule has 13 heteroatoms. The van der Waals surface area contributed by atoms with Gasteiger partial charge in [0, 0.05) is 25.2 Å². The number of nitrogens with one attached hydrogen (secondary N) is 2. The molecule has 2 aromatic heterocycles. The van der Waals surface area contributed by atoms with E-state index in [1.807, 2.05) is 0 Å². The number of hydrogen-bond donors (Lipinski definition) is 3. The van der Waals surface area contributed by atoms with Gasteiger partial charge in [0.25, 0.3) is 11.8 Å². The fourth-order valence-electron chi connectivity index (χ4n) is 5.36. The smallest absolute Gasteiger partial charge is 0.335 e. The van der Waals surface area contributed by atoms with Crippen LogP contribution in [0.3, 0.4) is 0 Å². The Morgan fingerprint density at radius 3 is 2.77 bits per heavy atom. The van der Waals surface area contributed by atoms with Gasteiger partial charge in [-0.15, -0.1) is 0 Å². The molecule has 0 saturated carbocycles. The van der Waals surface area contributed by atoms with Gasteiger partial charge < -0.3 is 25.4 Å². The summed E-state index contributed by atoms with van der Waals surface area (Å²) in [7, 11) is 0. The van der Waals surface area contributed by atoms with Gasteiger partial charge in [-0.25, -0.2) is 14.3 Å². The lowest BCUT2D eigenvalue weighted by atomic mass is 9.98. The number of aromatic nitrogens is 3. The van der Waals surface area contributed by atoms with Crippen LogP contribution in [-0.2, 0) is 20.7 Å². The van der Waals surface area contributed by atoms with Crippen LogP contribution < -0.4 is 10.6 Å². The summed E-state index contributed by atoms with van der Waals surface area (Å²) in [5.74, 6) is -3.19. The van der Waals surface area contributed by atoms with Crippen molar-refractivity contribution in [1.29, 1.82) is 0 Å². The molecule has 13 nitrogen and oxygen atoms in total. The van der Waals surface area contributed by atoms with Gasteiger partial charge in [-0.3, -0.25) is 19.2 Å².